The Morgan fingerprint density at radius 3 is 1.11 bits per heavy atom. The van der Waals surface area contributed by atoms with Crippen LogP contribution in [0, 0.1) is 23.7 Å². The van der Waals surface area contributed by atoms with E-state index in [1.165, 1.54) is 64.7 Å². The maximum Gasteiger partial charge on any atom is 0.000985 e. The highest BCUT2D eigenvalue weighted by Crippen LogP contribution is 2.37. The van der Waals surface area contributed by atoms with Crippen LogP contribution in [-0.2, 0) is 0 Å². The van der Waals surface area contributed by atoms with Gasteiger partial charge < -0.3 is 9.80 Å². The minimum Gasteiger partial charge on any atom is -0.306 e. The number of hydrogen-bond donors (Lipinski definition) is 0. The number of hydrogen-bond acceptors (Lipinski definition) is 2. The molecule has 2 nitrogen and oxygen atoms in total. The summed E-state index contributed by atoms with van der Waals surface area (Å²) in [7, 11) is 4.50. The number of nitrogens with zero attached hydrogens (tertiary/aromatic N) is 2. The molecule has 2 saturated carbocycles. The molecule has 2 saturated heterocycles. The molecule has 4 atom stereocenters. The summed E-state index contributed by atoms with van der Waals surface area (Å²) < 4.78 is 0. The largest absolute Gasteiger partial charge is 0.306 e. The van der Waals surface area contributed by atoms with Crippen molar-refractivity contribution in [1.82, 2.24) is 9.80 Å². The molecular formula is C16H30N2. The van der Waals surface area contributed by atoms with Crippen molar-refractivity contribution >= 4 is 0 Å². The minimum absolute atomic E-state index is 1.08. The molecule has 2 aliphatic carbocycles. The Morgan fingerprint density at radius 2 is 0.833 bits per heavy atom. The van der Waals surface area contributed by atoms with Gasteiger partial charge in [-0.1, -0.05) is 12.8 Å². The second-order valence-electron chi connectivity index (χ2n) is 7.34. The molecule has 0 amide bonds. The van der Waals surface area contributed by atoms with Crippen LogP contribution in [0.4, 0.5) is 0 Å². The number of likely N-dealkylation sites (tertiary alicyclic amines) is 2. The van der Waals surface area contributed by atoms with E-state index in [-0.39, 0.29) is 0 Å². The molecule has 0 radical (unpaired) electrons. The predicted molar refractivity (Wildman–Crippen MR) is 76.7 cm³/mol. The van der Waals surface area contributed by atoms with E-state index in [2.05, 4.69) is 23.9 Å². The van der Waals surface area contributed by atoms with E-state index in [0.29, 0.717) is 0 Å². The molecule has 0 spiro atoms. The topological polar surface area (TPSA) is 6.48 Å². The molecule has 104 valence electrons. The molecular weight excluding hydrogens is 220 g/mol. The normalized spacial score (nSPS) is 43.7. The van der Waals surface area contributed by atoms with Crippen molar-refractivity contribution in [2.45, 2.75) is 38.5 Å². The monoisotopic (exact) mass is 250 g/mol. The van der Waals surface area contributed by atoms with Crippen LogP contribution < -0.4 is 0 Å². The van der Waals surface area contributed by atoms with Gasteiger partial charge in [0.2, 0.25) is 0 Å². The molecule has 0 aromatic carbocycles. The molecule has 0 N–H and O–H groups in total. The van der Waals surface area contributed by atoms with Crippen molar-refractivity contribution in [3.8, 4) is 0 Å². The van der Waals surface area contributed by atoms with Gasteiger partial charge in [-0.05, 0) is 63.5 Å². The zero-order chi connectivity index (χ0) is 12.5. The average Bonchev–Trinajstić information content (AvgIpc) is 2.97. The second kappa shape index (κ2) is 5.50. The Hall–Kier alpha value is -0.0800. The lowest BCUT2D eigenvalue weighted by atomic mass is 10.0. The lowest BCUT2D eigenvalue weighted by Gasteiger charge is -2.06. The van der Waals surface area contributed by atoms with E-state index >= 15 is 0 Å². The molecule has 2 aliphatic heterocycles. The Labute approximate surface area is 113 Å². The molecule has 2 heteroatoms. The molecule has 18 heavy (non-hydrogen) atoms. The number of rotatable bonds is 0. The molecule has 2 heterocycles. The predicted octanol–water partition coefficient (Wildman–Crippen LogP) is 2.70. The summed E-state index contributed by atoms with van der Waals surface area (Å²) in [6, 6.07) is 0. The highest BCUT2D eigenvalue weighted by atomic mass is 15.1. The highest BCUT2D eigenvalue weighted by molar-refractivity contribution is 4.87. The van der Waals surface area contributed by atoms with E-state index in [4.69, 9.17) is 0 Å². The maximum absolute atomic E-state index is 2.48. The zero-order valence-electron chi connectivity index (χ0n) is 12.3. The maximum atomic E-state index is 2.48. The first-order chi connectivity index (χ1) is 8.72. The van der Waals surface area contributed by atoms with Crippen LogP contribution in [0.5, 0.6) is 0 Å². The van der Waals surface area contributed by atoms with Gasteiger partial charge in [-0.25, -0.2) is 0 Å². The van der Waals surface area contributed by atoms with E-state index in [1.807, 2.05) is 0 Å². The third kappa shape index (κ3) is 2.75. The van der Waals surface area contributed by atoms with Gasteiger partial charge in [-0.3, -0.25) is 0 Å². The van der Waals surface area contributed by atoms with Crippen molar-refractivity contribution in [3.05, 3.63) is 0 Å². The summed E-state index contributed by atoms with van der Waals surface area (Å²) >= 11 is 0. The van der Waals surface area contributed by atoms with Gasteiger partial charge in [0.1, 0.15) is 0 Å². The van der Waals surface area contributed by atoms with Crippen molar-refractivity contribution in [3.63, 3.8) is 0 Å². The standard InChI is InChI=1S/2C8H15N/c2*1-9-5-7-3-2-4-8(7)6-9/h2*7-8H,2-6H2,1H3/t2*7-,8+. The van der Waals surface area contributed by atoms with E-state index < -0.39 is 0 Å². The Kier molecular flexibility index (Phi) is 3.95. The summed E-state index contributed by atoms with van der Waals surface area (Å²) in [6.45, 7) is 5.52. The van der Waals surface area contributed by atoms with Gasteiger partial charge >= 0.3 is 0 Å². The quantitative estimate of drug-likeness (QED) is 0.652. The van der Waals surface area contributed by atoms with Crippen LogP contribution in [0.1, 0.15) is 38.5 Å². The first kappa shape index (κ1) is 12.9. The van der Waals surface area contributed by atoms with Gasteiger partial charge in [-0.15, -0.1) is 0 Å². The van der Waals surface area contributed by atoms with Gasteiger partial charge in [0.15, 0.2) is 0 Å². The molecule has 0 aromatic heterocycles. The molecule has 4 rings (SSSR count). The van der Waals surface area contributed by atoms with E-state index in [1.54, 1.807) is 0 Å². The van der Waals surface area contributed by atoms with Gasteiger partial charge in [0.25, 0.3) is 0 Å². The second-order valence-corrected chi connectivity index (χ2v) is 7.34. The summed E-state index contributed by atoms with van der Waals surface area (Å²) in [5.41, 5.74) is 0. The summed E-state index contributed by atoms with van der Waals surface area (Å²) in [6.07, 6.45) is 9.04. The molecule has 4 fully saturated rings. The van der Waals surface area contributed by atoms with E-state index in [0.717, 1.165) is 23.7 Å². The highest BCUT2D eigenvalue weighted by Gasteiger charge is 2.34. The van der Waals surface area contributed by atoms with Crippen LogP contribution >= 0.6 is 0 Å². The fourth-order valence-electron chi connectivity index (χ4n) is 4.94. The smallest absolute Gasteiger partial charge is 0.000985 e. The fraction of sp³-hybridized carbons (Fsp3) is 1.00. The SMILES string of the molecule is CN1C[C@H]2CCC[C@H]2C1.CN1C[C@H]2CCC[C@H]2C1. The minimum atomic E-state index is 1.08. The lowest BCUT2D eigenvalue weighted by Crippen LogP contribution is -2.14. The van der Waals surface area contributed by atoms with Crippen LogP contribution in [0.3, 0.4) is 0 Å². The van der Waals surface area contributed by atoms with Crippen LogP contribution in [0.15, 0.2) is 0 Å². The lowest BCUT2D eigenvalue weighted by molar-refractivity contribution is 0.379. The number of fused-ring (bicyclic) bond motifs is 2. The molecule has 0 unspecified atom stereocenters. The van der Waals surface area contributed by atoms with E-state index in [9.17, 15) is 0 Å². The van der Waals surface area contributed by atoms with Gasteiger partial charge in [-0.2, -0.15) is 0 Å². The Bertz CT molecular complexity index is 226. The summed E-state index contributed by atoms with van der Waals surface area (Å²) in [5.74, 6) is 4.31. The van der Waals surface area contributed by atoms with Crippen LogP contribution in [0.25, 0.3) is 0 Å². The average molecular weight is 250 g/mol. The van der Waals surface area contributed by atoms with Crippen molar-refractivity contribution in [1.29, 1.82) is 0 Å². The van der Waals surface area contributed by atoms with Crippen LogP contribution in [0.2, 0.25) is 0 Å². The van der Waals surface area contributed by atoms with Gasteiger partial charge in [0.05, 0.1) is 0 Å². The zero-order valence-corrected chi connectivity index (χ0v) is 12.3. The molecule has 4 aliphatic rings. The first-order valence-electron chi connectivity index (χ1n) is 8.09. The Morgan fingerprint density at radius 1 is 0.556 bits per heavy atom. The van der Waals surface area contributed by atoms with Crippen molar-refractivity contribution < 1.29 is 0 Å². The van der Waals surface area contributed by atoms with Crippen molar-refractivity contribution in [2.75, 3.05) is 40.3 Å². The van der Waals surface area contributed by atoms with Crippen molar-refractivity contribution in [2.24, 2.45) is 23.7 Å². The fourth-order valence-corrected chi connectivity index (χ4v) is 4.94. The first-order valence-corrected chi connectivity index (χ1v) is 8.09. The summed E-state index contributed by atoms with van der Waals surface area (Å²) in [5, 5.41) is 0. The third-order valence-electron chi connectivity index (χ3n) is 5.82. The third-order valence-corrected chi connectivity index (χ3v) is 5.82. The Balaban J connectivity index is 0.000000111. The van der Waals surface area contributed by atoms with Crippen LogP contribution in [-0.4, -0.2) is 50.1 Å². The van der Waals surface area contributed by atoms with Gasteiger partial charge in [0, 0.05) is 26.2 Å². The molecule has 0 bridgehead atoms. The summed E-state index contributed by atoms with van der Waals surface area (Å²) in [4.78, 5) is 4.96. The molecule has 0 aromatic rings.